The summed E-state index contributed by atoms with van der Waals surface area (Å²) in [6, 6.07) is 3.96. The molecule has 0 saturated heterocycles. The first-order valence-corrected chi connectivity index (χ1v) is 5.80. The number of ether oxygens (including phenoxy) is 1. The molecule has 6 heteroatoms. The molecule has 3 N–H and O–H groups in total. The first kappa shape index (κ1) is 14.2. The van der Waals surface area contributed by atoms with Gasteiger partial charge in [-0.25, -0.2) is 4.98 Å². The number of aromatic nitrogens is 1. The predicted octanol–water partition coefficient (Wildman–Crippen LogP) is 0.979. The van der Waals surface area contributed by atoms with Crippen LogP contribution in [0.1, 0.15) is 12.0 Å². The van der Waals surface area contributed by atoms with Gasteiger partial charge in [0.1, 0.15) is 11.7 Å². The van der Waals surface area contributed by atoms with Crippen LogP contribution in [0.15, 0.2) is 23.5 Å². The Morgan fingerprint density at radius 3 is 2.83 bits per heavy atom. The number of hydrogen-bond donors (Lipinski definition) is 2. The van der Waals surface area contributed by atoms with Gasteiger partial charge in [-0.2, -0.15) is 0 Å². The van der Waals surface area contributed by atoms with Gasteiger partial charge in [0, 0.05) is 32.8 Å². The summed E-state index contributed by atoms with van der Waals surface area (Å²) in [4.78, 5) is 6.41. The van der Waals surface area contributed by atoms with Crippen LogP contribution >= 0.6 is 0 Å². The van der Waals surface area contributed by atoms with Crippen LogP contribution in [0, 0.1) is 6.92 Å². The van der Waals surface area contributed by atoms with Crippen LogP contribution in [0.25, 0.3) is 0 Å². The van der Waals surface area contributed by atoms with E-state index in [4.69, 9.17) is 15.7 Å². The van der Waals surface area contributed by atoms with E-state index in [0.717, 1.165) is 11.4 Å². The third-order valence-electron chi connectivity index (χ3n) is 2.55. The first-order valence-electron chi connectivity index (χ1n) is 5.80. The number of anilines is 1. The van der Waals surface area contributed by atoms with E-state index in [1.54, 1.807) is 7.11 Å². The van der Waals surface area contributed by atoms with Gasteiger partial charge in [-0.3, -0.25) is 0 Å². The molecule has 0 aliphatic carbocycles. The molecule has 100 valence electrons. The maximum Gasteiger partial charge on any atom is 0.140 e. The summed E-state index contributed by atoms with van der Waals surface area (Å²) >= 11 is 0. The topological polar surface area (TPSA) is 84.0 Å². The molecule has 18 heavy (non-hydrogen) atoms. The fourth-order valence-electron chi connectivity index (χ4n) is 1.49. The van der Waals surface area contributed by atoms with Crippen LogP contribution in [0.4, 0.5) is 5.82 Å². The van der Waals surface area contributed by atoms with Gasteiger partial charge < -0.3 is 20.6 Å². The van der Waals surface area contributed by atoms with Crippen molar-refractivity contribution < 1.29 is 9.94 Å². The van der Waals surface area contributed by atoms with Crippen molar-refractivity contribution in [2.24, 2.45) is 10.9 Å². The molecule has 1 aromatic rings. The maximum absolute atomic E-state index is 8.53. The van der Waals surface area contributed by atoms with Gasteiger partial charge in [0.15, 0.2) is 0 Å². The van der Waals surface area contributed by atoms with E-state index in [1.807, 2.05) is 30.2 Å². The number of amidine groups is 1. The molecule has 0 bridgehead atoms. The zero-order valence-corrected chi connectivity index (χ0v) is 10.8. The number of methoxy groups -OCH3 is 1. The third kappa shape index (κ3) is 4.58. The molecule has 1 aromatic heterocycles. The molecule has 0 aliphatic rings. The monoisotopic (exact) mass is 252 g/mol. The summed E-state index contributed by atoms with van der Waals surface area (Å²) < 4.78 is 5.07. The molecule has 0 fully saturated rings. The Labute approximate surface area is 107 Å². The summed E-state index contributed by atoms with van der Waals surface area (Å²) in [5.74, 6) is 1.08. The molecule has 1 rings (SSSR count). The number of aryl methyl sites for hydroxylation is 1. The van der Waals surface area contributed by atoms with Gasteiger partial charge in [-0.15, -0.1) is 0 Å². The number of nitrogens with zero attached hydrogens (tertiary/aromatic N) is 3. The lowest BCUT2D eigenvalue weighted by molar-refractivity contribution is 0.205. The van der Waals surface area contributed by atoms with Crippen molar-refractivity contribution in [1.29, 1.82) is 0 Å². The highest BCUT2D eigenvalue weighted by Crippen LogP contribution is 2.11. The Hall–Kier alpha value is -1.82. The minimum absolute atomic E-state index is 0.213. The lowest BCUT2D eigenvalue weighted by Gasteiger charge is -2.23. The van der Waals surface area contributed by atoms with Gasteiger partial charge >= 0.3 is 0 Å². The number of nitrogens with two attached hydrogens (primary N) is 1. The molecule has 0 atom stereocenters. The zero-order valence-electron chi connectivity index (χ0n) is 10.8. The summed E-state index contributed by atoms with van der Waals surface area (Å²) in [5, 5.41) is 11.5. The van der Waals surface area contributed by atoms with Gasteiger partial charge in [0.25, 0.3) is 0 Å². The quantitative estimate of drug-likeness (QED) is 0.327. The molecule has 0 aromatic carbocycles. The molecule has 0 saturated carbocycles. The Balaban J connectivity index is 2.67. The van der Waals surface area contributed by atoms with E-state index in [1.165, 1.54) is 0 Å². The van der Waals surface area contributed by atoms with E-state index in [9.17, 15) is 0 Å². The van der Waals surface area contributed by atoms with Crippen LogP contribution in [-0.2, 0) is 4.74 Å². The Kier molecular flexibility index (Phi) is 5.93. The minimum atomic E-state index is 0.213. The number of rotatable bonds is 7. The maximum atomic E-state index is 8.53. The summed E-state index contributed by atoms with van der Waals surface area (Å²) in [6.07, 6.45) is 2.30. The fourth-order valence-corrected chi connectivity index (χ4v) is 1.49. The van der Waals surface area contributed by atoms with Crippen LogP contribution in [0.3, 0.4) is 0 Å². The largest absolute Gasteiger partial charge is 0.409 e. The highest BCUT2D eigenvalue weighted by Gasteiger charge is 2.08. The predicted molar refractivity (Wildman–Crippen MR) is 71.1 cm³/mol. The van der Waals surface area contributed by atoms with Crippen molar-refractivity contribution in [2.75, 3.05) is 31.7 Å². The molecular formula is C12H20N4O2. The normalized spacial score (nSPS) is 11.6. The molecule has 0 amide bonds. The average molecular weight is 252 g/mol. The van der Waals surface area contributed by atoms with E-state index in [0.29, 0.717) is 26.1 Å². The SMILES string of the molecule is COCCN(CCC(N)=NO)c1ccc(C)cn1. The lowest BCUT2D eigenvalue weighted by atomic mass is 10.3. The second-order valence-corrected chi connectivity index (χ2v) is 4.01. The van der Waals surface area contributed by atoms with Gasteiger partial charge in [-0.05, 0) is 18.6 Å². The molecule has 0 spiro atoms. The molecular weight excluding hydrogens is 232 g/mol. The number of pyridine rings is 1. The minimum Gasteiger partial charge on any atom is -0.409 e. The highest BCUT2D eigenvalue weighted by molar-refractivity contribution is 5.80. The molecule has 6 nitrogen and oxygen atoms in total. The lowest BCUT2D eigenvalue weighted by Crippen LogP contribution is -2.31. The van der Waals surface area contributed by atoms with Gasteiger partial charge in [0.2, 0.25) is 0 Å². The van der Waals surface area contributed by atoms with Crippen molar-refractivity contribution in [3.05, 3.63) is 23.9 Å². The summed E-state index contributed by atoms with van der Waals surface area (Å²) in [5.41, 5.74) is 6.59. The Morgan fingerprint density at radius 2 is 2.28 bits per heavy atom. The van der Waals surface area contributed by atoms with Crippen LogP contribution in [-0.4, -0.2) is 42.8 Å². The van der Waals surface area contributed by atoms with Gasteiger partial charge in [-0.1, -0.05) is 11.2 Å². The number of hydrogen-bond acceptors (Lipinski definition) is 5. The molecule has 1 heterocycles. The van der Waals surface area contributed by atoms with Crippen LogP contribution < -0.4 is 10.6 Å². The molecule has 0 aliphatic heterocycles. The summed E-state index contributed by atoms with van der Waals surface area (Å²) in [6.45, 7) is 3.94. The van der Waals surface area contributed by atoms with Crippen molar-refractivity contribution in [3.8, 4) is 0 Å². The summed E-state index contributed by atoms with van der Waals surface area (Å²) in [7, 11) is 1.66. The van der Waals surface area contributed by atoms with E-state index in [-0.39, 0.29) is 5.84 Å². The van der Waals surface area contributed by atoms with Crippen molar-refractivity contribution in [2.45, 2.75) is 13.3 Å². The van der Waals surface area contributed by atoms with Crippen molar-refractivity contribution in [3.63, 3.8) is 0 Å². The smallest absolute Gasteiger partial charge is 0.140 e. The Bertz CT molecular complexity index is 378. The van der Waals surface area contributed by atoms with E-state index >= 15 is 0 Å². The number of oxime groups is 1. The van der Waals surface area contributed by atoms with Gasteiger partial charge in [0.05, 0.1) is 6.61 Å². The van der Waals surface area contributed by atoms with Crippen molar-refractivity contribution in [1.82, 2.24) is 4.98 Å². The second-order valence-electron chi connectivity index (χ2n) is 4.01. The molecule has 0 unspecified atom stereocenters. The first-order chi connectivity index (χ1) is 8.67. The average Bonchev–Trinajstić information content (AvgIpc) is 2.40. The Morgan fingerprint density at radius 1 is 1.50 bits per heavy atom. The van der Waals surface area contributed by atoms with E-state index in [2.05, 4.69) is 10.1 Å². The fraction of sp³-hybridized carbons (Fsp3) is 0.500. The second kappa shape index (κ2) is 7.50. The zero-order chi connectivity index (χ0) is 13.4. The standard InChI is InChI=1S/C12H20N4O2/c1-10-3-4-12(14-9-10)16(7-8-18-2)6-5-11(13)15-17/h3-4,9,17H,5-8H2,1-2H3,(H2,13,15). The van der Waals surface area contributed by atoms with Crippen LogP contribution in [0.5, 0.6) is 0 Å². The highest BCUT2D eigenvalue weighted by atomic mass is 16.5. The van der Waals surface area contributed by atoms with E-state index < -0.39 is 0 Å². The third-order valence-corrected chi connectivity index (χ3v) is 2.55. The molecule has 0 radical (unpaired) electrons. The van der Waals surface area contributed by atoms with Crippen molar-refractivity contribution >= 4 is 11.7 Å². The van der Waals surface area contributed by atoms with Crippen LogP contribution in [0.2, 0.25) is 0 Å².